The van der Waals surface area contributed by atoms with Crippen LogP contribution >= 0.6 is 0 Å². The molecule has 0 aromatic carbocycles. The molecule has 2 rings (SSSR count). The highest BCUT2D eigenvalue weighted by Gasteiger charge is 2.27. The summed E-state index contributed by atoms with van der Waals surface area (Å²) in [7, 11) is 1.99. The molecular weight excluding hydrogens is 218 g/mol. The zero-order chi connectivity index (χ0) is 12.4. The summed E-state index contributed by atoms with van der Waals surface area (Å²) in [6, 6.07) is 2.32. The molecule has 0 bridgehead atoms. The Labute approximate surface area is 101 Å². The van der Waals surface area contributed by atoms with Crippen LogP contribution in [-0.2, 0) is 11.2 Å². The van der Waals surface area contributed by atoms with Crippen molar-refractivity contribution in [1.29, 1.82) is 0 Å². The highest BCUT2D eigenvalue weighted by atomic mass is 16.4. The molecule has 1 aromatic heterocycles. The van der Waals surface area contributed by atoms with Crippen molar-refractivity contribution in [3.05, 3.63) is 23.7 Å². The number of nitrogens with zero attached hydrogens (tertiary/aromatic N) is 1. The number of carboxylic acids is 1. The van der Waals surface area contributed by atoms with Gasteiger partial charge < -0.3 is 9.52 Å². The minimum atomic E-state index is -0.736. The Kier molecular flexibility index (Phi) is 3.52. The molecule has 4 nitrogen and oxygen atoms in total. The van der Waals surface area contributed by atoms with E-state index in [1.807, 2.05) is 13.1 Å². The van der Waals surface area contributed by atoms with Crippen molar-refractivity contribution >= 4 is 5.97 Å². The van der Waals surface area contributed by atoms with E-state index in [4.69, 9.17) is 9.52 Å². The van der Waals surface area contributed by atoms with E-state index < -0.39 is 5.97 Å². The predicted molar refractivity (Wildman–Crippen MR) is 63.8 cm³/mol. The third-order valence-corrected chi connectivity index (χ3v) is 3.54. The average Bonchev–Trinajstić information content (AvgIpc) is 2.76. The fraction of sp³-hybridized carbons (Fsp3) is 0.615. The minimum absolute atomic E-state index is 0.305. The number of fused-ring (bicyclic) bond motifs is 1. The highest BCUT2D eigenvalue weighted by molar-refractivity contribution is 5.69. The van der Waals surface area contributed by atoms with Crippen LogP contribution in [0.15, 0.2) is 16.7 Å². The molecule has 4 heteroatoms. The van der Waals surface area contributed by atoms with Gasteiger partial charge in [-0.1, -0.05) is 6.92 Å². The average molecular weight is 237 g/mol. The lowest BCUT2D eigenvalue weighted by Gasteiger charge is -2.31. The maximum absolute atomic E-state index is 10.9. The fourth-order valence-electron chi connectivity index (χ4n) is 2.56. The van der Waals surface area contributed by atoms with Gasteiger partial charge in [0.1, 0.15) is 5.76 Å². The molecule has 1 N–H and O–H groups in total. The van der Waals surface area contributed by atoms with Gasteiger partial charge >= 0.3 is 5.97 Å². The molecule has 1 aliphatic carbocycles. The first-order valence-corrected chi connectivity index (χ1v) is 6.09. The van der Waals surface area contributed by atoms with Gasteiger partial charge in [0.25, 0.3) is 0 Å². The Morgan fingerprint density at radius 3 is 3.18 bits per heavy atom. The molecule has 17 heavy (non-hydrogen) atoms. The topological polar surface area (TPSA) is 53.7 Å². The maximum atomic E-state index is 10.9. The van der Waals surface area contributed by atoms with E-state index in [0.29, 0.717) is 12.6 Å². The largest absolute Gasteiger partial charge is 0.481 e. The first kappa shape index (κ1) is 12.2. The number of rotatable bonds is 4. The van der Waals surface area contributed by atoms with Gasteiger partial charge in [-0.05, 0) is 26.0 Å². The van der Waals surface area contributed by atoms with Crippen molar-refractivity contribution in [2.24, 2.45) is 5.92 Å². The van der Waals surface area contributed by atoms with E-state index in [-0.39, 0.29) is 5.92 Å². The summed E-state index contributed by atoms with van der Waals surface area (Å²) in [5.74, 6) is -0.00608. The standard InChI is InChI=1S/C13H19NO3/c1-9(13(15)16)8-14(2)11-4-3-5-12-10(11)6-7-17-12/h6-7,9,11H,3-5,8H2,1-2H3,(H,15,16). The SMILES string of the molecule is CC(CN(C)C1CCCc2occc21)C(=O)O. The molecule has 2 atom stereocenters. The van der Waals surface area contributed by atoms with Crippen molar-refractivity contribution in [2.75, 3.05) is 13.6 Å². The summed E-state index contributed by atoms with van der Waals surface area (Å²) in [5, 5.41) is 8.94. The van der Waals surface area contributed by atoms with E-state index >= 15 is 0 Å². The molecule has 94 valence electrons. The molecule has 0 radical (unpaired) electrons. The van der Waals surface area contributed by atoms with Crippen LogP contribution in [-0.4, -0.2) is 29.6 Å². The van der Waals surface area contributed by atoms with Crippen LogP contribution in [0.3, 0.4) is 0 Å². The van der Waals surface area contributed by atoms with Crippen molar-refractivity contribution in [1.82, 2.24) is 4.90 Å². The summed E-state index contributed by atoms with van der Waals surface area (Å²) in [6.45, 7) is 2.32. The highest BCUT2D eigenvalue weighted by Crippen LogP contribution is 2.34. The van der Waals surface area contributed by atoms with Crippen LogP contribution in [0, 0.1) is 5.92 Å². The summed E-state index contributed by atoms with van der Waals surface area (Å²) in [6.07, 6.45) is 4.92. The lowest BCUT2D eigenvalue weighted by Crippen LogP contribution is -2.33. The molecule has 1 aromatic rings. The molecule has 0 spiro atoms. The number of hydrogen-bond acceptors (Lipinski definition) is 3. The zero-order valence-electron chi connectivity index (χ0n) is 10.3. The van der Waals surface area contributed by atoms with Crippen LogP contribution in [0.5, 0.6) is 0 Å². The monoisotopic (exact) mass is 237 g/mol. The van der Waals surface area contributed by atoms with Gasteiger partial charge in [0.05, 0.1) is 12.2 Å². The zero-order valence-corrected chi connectivity index (χ0v) is 10.3. The molecule has 1 heterocycles. The Balaban J connectivity index is 2.06. The quantitative estimate of drug-likeness (QED) is 0.873. The van der Waals surface area contributed by atoms with Gasteiger partial charge in [-0.25, -0.2) is 0 Å². The number of furan rings is 1. The van der Waals surface area contributed by atoms with E-state index in [1.54, 1.807) is 13.2 Å². The van der Waals surface area contributed by atoms with Crippen LogP contribution in [0.2, 0.25) is 0 Å². The first-order chi connectivity index (χ1) is 8.09. The third kappa shape index (κ3) is 2.52. The molecular formula is C13H19NO3. The van der Waals surface area contributed by atoms with Crippen LogP contribution in [0.4, 0.5) is 0 Å². The predicted octanol–water partition coefficient (Wildman–Crippen LogP) is 2.31. The van der Waals surface area contributed by atoms with Gasteiger partial charge in [-0.3, -0.25) is 9.69 Å². The number of aryl methyl sites for hydroxylation is 1. The number of carbonyl (C=O) groups is 1. The molecule has 1 aliphatic rings. The smallest absolute Gasteiger partial charge is 0.307 e. The molecule has 0 saturated carbocycles. The second-order valence-corrected chi connectivity index (χ2v) is 4.89. The normalized spacial score (nSPS) is 21.2. The Morgan fingerprint density at radius 2 is 2.47 bits per heavy atom. The van der Waals surface area contributed by atoms with E-state index in [2.05, 4.69) is 4.90 Å². The number of aliphatic carboxylic acids is 1. The van der Waals surface area contributed by atoms with Crippen molar-refractivity contribution in [2.45, 2.75) is 32.2 Å². The Hall–Kier alpha value is -1.29. The summed E-state index contributed by atoms with van der Waals surface area (Å²) in [5.41, 5.74) is 1.23. The van der Waals surface area contributed by atoms with Crippen LogP contribution in [0.1, 0.15) is 37.1 Å². The Morgan fingerprint density at radius 1 is 1.71 bits per heavy atom. The minimum Gasteiger partial charge on any atom is -0.481 e. The summed E-state index contributed by atoms with van der Waals surface area (Å²) >= 11 is 0. The van der Waals surface area contributed by atoms with Gasteiger partial charge in [-0.15, -0.1) is 0 Å². The molecule has 0 fully saturated rings. The van der Waals surface area contributed by atoms with Crippen LogP contribution in [0.25, 0.3) is 0 Å². The van der Waals surface area contributed by atoms with E-state index in [9.17, 15) is 4.79 Å². The Bertz CT molecular complexity index is 399. The number of carboxylic acid groups (broad SMARTS) is 1. The van der Waals surface area contributed by atoms with Gasteiger partial charge in [0.2, 0.25) is 0 Å². The lowest BCUT2D eigenvalue weighted by atomic mass is 9.92. The van der Waals surface area contributed by atoms with Crippen molar-refractivity contribution < 1.29 is 14.3 Å². The van der Waals surface area contributed by atoms with Crippen LogP contribution < -0.4 is 0 Å². The maximum Gasteiger partial charge on any atom is 0.307 e. The summed E-state index contributed by atoms with van der Waals surface area (Å²) in [4.78, 5) is 13.0. The fourth-order valence-corrected chi connectivity index (χ4v) is 2.56. The molecule has 0 amide bonds. The van der Waals surface area contributed by atoms with E-state index in [0.717, 1.165) is 25.0 Å². The van der Waals surface area contributed by atoms with Gasteiger partial charge in [0, 0.05) is 24.6 Å². The lowest BCUT2D eigenvalue weighted by molar-refractivity contribution is -0.141. The second kappa shape index (κ2) is 4.92. The summed E-state index contributed by atoms with van der Waals surface area (Å²) < 4.78 is 5.45. The first-order valence-electron chi connectivity index (χ1n) is 6.09. The number of hydrogen-bond donors (Lipinski definition) is 1. The van der Waals surface area contributed by atoms with E-state index in [1.165, 1.54) is 5.56 Å². The van der Waals surface area contributed by atoms with Crippen molar-refractivity contribution in [3.63, 3.8) is 0 Å². The molecule has 2 unspecified atom stereocenters. The molecule has 0 aliphatic heterocycles. The second-order valence-electron chi connectivity index (χ2n) is 4.89. The van der Waals surface area contributed by atoms with Gasteiger partial charge in [-0.2, -0.15) is 0 Å². The van der Waals surface area contributed by atoms with Gasteiger partial charge in [0.15, 0.2) is 0 Å². The molecule has 0 saturated heterocycles. The van der Waals surface area contributed by atoms with Crippen molar-refractivity contribution in [3.8, 4) is 0 Å². The third-order valence-electron chi connectivity index (χ3n) is 3.54.